The van der Waals surface area contributed by atoms with Crippen molar-refractivity contribution in [3.63, 3.8) is 0 Å². The van der Waals surface area contributed by atoms with E-state index in [1.807, 2.05) is 41.5 Å². The third kappa shape index (κ3) is 8.91. The summed E-state index contributed by atoms with van der Waals surface area (Å²) < 4.78 is 14.4. The summed E-state index contributed by atoms with van der Waals surface area (Å²) in [6.07, 6.45) is 1.59. The van der Waals surface area contributed by atoms with Crippen LogP contribution in [0.5, 0.6) is 0 Å². The minimum absolute atomic E-state index is 0.0430. The highest BCUT2D eigenvalue weighted by Gasteiger charge is 2.46. The quantitative estimate of drug-likeness (QED) is 0.234. The molecule has 2 aliphatic heterocycles. The van der Waals surface area contributed by atoms with Crippen molar-refractivity contribution in [2.75, 3.05) is 13.1 Å². The van der Waals surface area contributed by atoms with Gasteiger partial charge in [-0.15, -0.1) is 0 Å². The Morgan fingerprint density at radius 3 is 2.23 bits per heavy atom. The maximum atomic E-state index is 14.4. The van der Waals surface area contributed by atoms with Crippen LogP contribution in [0.4, 0.5) is 14.0 Å². The molecule has 7 amide bonds. The van der Waals surface area contributed by atoms with Gasteiger partial charge in [-0.2, -0.15) is 0 Å². The van der Waals surface area contributed by atoms with Crippen molar-refractivity contribution >= 4 is 29.8 Å². The summed E-state index contributed by atoms with van der Waals surface area (Å²) >= 11 is 0. The van der Waals surface area contributed by atoms with E-state index in [2.05, 4.69) is 21.3 Å². The fraction of sp³-hybridized carbons (Fsp3) is 0.667. The highest BCUT2D eigenvalue weighted by atomic mass is 19.1. The number of aliphatic hydroxyl groups excluding tert-OH is 1. The fourth-order valence-corrected chi connectivity index (χ4v) is 6.35. The average molecular weight is 660 g/mol. The van der Waals surface area contributed by atoms with Gasteiger partial charge in [-0.3, -0.25) is 14.4 Å². The molecule has 1 aliphatic carbocycles. The van der Waals surface area contributed by atoms with Crippen LogP contribution in [0.1, 0.15) is 78.4 Å². The molecule has 1 aromatic rings. The number of aliphatic hydroxyl groups is 1. The second-order valence-corrected chi connectivity index (χ2v) is 15.3. The number of amides is 7. The van der Waals surface area contributed by atoms with E-state index in [0.717, 1.165) is 19.3 Å². The number of carbonyl (C=O) groups excluding carboxylic acids is 5. The second kappa shape index (κ2) is 14.0. The average Bonchev–Trinajstić information content (AvgIpc) is 3.56. The van der Waals surface area contributed by atoms with E-state index < -0.39 is 76.7 Å². The lowest BCUT2D eigenvalue weighted by molar-refractivity contribution is -0.135. The molecule has 2 fully saturated rings. The lowest BCUT2D eigenvalue weighted by Crippen LogP contribution is -2.58. The molecule has 7 N–H and O–H groups in total. The van der Waals surface area contributed by atoms with Crippen molar-refractivity contribution in [2.24, 2.45) is 23.0 Å². The number of hydrogen-bond acceptors (Lipinski definition) is 6. The zero-order chi connectivity index (χ0) is 34.8. The first kappa shape index (κ1) is 35.9. The molecule has 1 saturated heterocycles. The molecular weight excluding hydrogens is 609 g/mol. The van der Waals surface area contributed by atoms with Crippen LogP contribution in [0.2, 0.25) is 0 Å². The standard InChI is InChI=1S/C33H50FN7O6/c1-32(2,3)26(38-30(46)39-33(4,5)6)29(45)40-16-21(28(44)36-23(25(42)27(35)43)13-18-9-7-10-18)24(17-40)37-31(47)41-14-19-11-8-12-22(34)20(19)15-41/h8,11-12,18,21,23-26,42H,7,9-10,13-17H2,1-6H3,(H2,35,43)(H,36,44)(H,37,47)(H2,38,39,46)/t21-,23?,24-,25?,26+/m0/s1. The van der Waals surface area contributed by atoms with Crippen molar-refractivity contribution in [1.82, 2.24) is 31.1 Å². The Morgan fingerprint density at radius 2 is 1.68 bits per heavy atom. The molecule has 3 aliphatic rings. The van der Waals surface area contributed by atoms with E-state index in [9.17, 15) is 33.5 Å². The lowest BCUT2D eigenvalue weighted by atomic mass is 9.79. The molecule has 1 aromatic carbocycles. The van der Waals surface area contributed by atoms with Crippen molar-refractivity contribution in [3.05, 3.63) is 35.1 Å². The number of fused-ring (bicyclic) bond motifs is 1. The number of nitrogens with one attached hydrogen (secondary N) is 4. The number of primary amides is 1. The van der Waals surface area contributed by atoms with Crippen LogP contribution in [-0.2, 0) is 27.5 Å². The van der Waals surface area contributed by atoms with Crippen molar-refractivity contribution < 1.29 is 33.5 Å². The summed E-state index contributed by atoms with van der Waals surface area (Å²) in [5, 5.41) is 21.8. The molecule has 4 rings (SSSR count). The van der Waals surface area contributed by atoms with Gasteiger partial charge in [-0.05, 0) is 50.2 Å². The Labute approximate surface area is 275 Å². The van der Waals surface area contributed by atoms with E-state index in [-0.39, 0.29) is 32.1 Å². The minimum Gasteiger partial charge on any atom is -0.381 e. The van der Waals surface area contributed by atoms with Crippen LogP contribution < -0.4 is 27.0 Å². The number of hydrogen-bond donors (Lipinski definition) is 6. The van der Waals surface area contributed by atoms with Gasteiger partial charge in [0.25, 0.3) is 0 Å². The molecule has 2 unspecified atom stereocenters. The number of carbonyl (C=O) groups is 5. The van der Waals surface area contributed by atoms with Crippen molar-refractivity contribution in [1.29, 1.82) is 0 Å². The molecule has 0 bridgehead atoms. The maximum absolute atomic E-state index is 14.4. The first-order valence-electron chi connectivity index (χ1n) is 16.3. The molecule has 2 heterocycles. The topological polar surface area (TPSA) is 186 Å². The van der Waals surface area contributed by atoms with Gasteiger partial charge in [0.15, 0.2) is 6.10 Å². The highest BCUT2D eigenvalue weighted by molar-refractivity contribution is 5.90. The highest BCUT2D eigenvalue weighted by Crippen LogP contribution is 2.32. The summed E-state index contributed by atoms with van der Waals surface area (Å²) in [7, 11) is 0. The van der Waals surface area contributed by atoms with Crippen molar-refractivity contribution in [3.8, 4) is 0 Å². The van der Waals surface area contributed by atoms with Crippen LogP contribution in [0.25, 0.3) is 0 Å². The van der Waals surface area contributed by atoms with Gasteiger partial charge in [0, 0.05) is 30.7 Å². The monoisotopic (exact) mass is 659 g/mol. The van der Waals surface area contributed by atoms with Crippen LogP contribution >= 0.6 is 0 Å². The number of benzene rings is 1. The minimum atomic E-state index is -1.61. The molecule has 47 heavy (non-hydrogen) atoms. The fourth-order valence-electron chi connectivity index (χ4n) is 6.35. The molecule has 0 spiro atoms. The molecular formula is C33H50FN7O6. The number of halogens is 1. The van der Waals surface area contributed by atoms with Gasteiger partial charge in [-0.25, -0.2) is 14.0 Å². The summed E-state index contributed by atoms with van der Waals surface area (Å²) in [6.45, 7) is 11.0. The molecule has 14 heteroatoms. The number of rotatable bonds is 9. The normalized spacial score (nSPS) is 21.6. The van der Waals surface area contributed by atoms with Crippen LogP contribution in [0.15, 0.2) is 18.2 Å². The van der Waals surface area contributed by atoms with Crippen LogP contribution in [0.3, 0.4) is 0 Å². The molecule has 5 atom stereocenters. The van der Waals surface area contributed by atoms with Gasteiger partial charge in [0.2, 0.25) is 17.7 Å². The van der Waals surface area contributed by atoms with Gasteiger partial charge >= 0.3 is 12.1 Å². The van der Waals surface area contributed by atoms with E-state index in [0.29, 0.717) is 17.5 Å². The SMILES string of the molecule is CC(C)(C)NC(=O)N[C@H](C(=O)N1C[C@H](NC(=O)N2Cc3cccc(F)c3C2)[C@@H](C(=O)NC(CC2CCC2)C(O)C(N)=O)C1)C(C)(C)C. The Morgan fingerprint density at radius 1 is 1.00 bits per heavy atom. The zero-order valence-corrected chi connectivity index (χ0v) is 28.2. The predicted octanol–water partition coefficient (Wildman–Crippen LogP) is 1.71. The first-order valence-corrected chi connectivity index (χ1v) is 16.3. The Bertz CT molecular complexity index is 1370. The van der Waals surface area contributed by atoms with Crippen LogP contribution in [0, 0.1) is 23.1 Å². The van der Waals surface area contributed by atoms with E-state index in [1.165, 1.54) is 15.9 Å². The smallest absolute Gasteiger partial charge is 0.318 e. The Kier molecular flexibility index (Phi) is 10.7. The summed E-state index contributed by atoms with van der Waals surface area (Å²) in [4.78, 5) is 69.0. The van der Waals surface area contributed by atoms with Gasteiger partial charge < -0.3 is 41.9 Å². The largest absolute Gasteiger partial charge is 0.381 e. The third-order valence-electron chi connectivity index (χ3n) is 9.18. The third-order valence-corrected chi connectivity index (χ3v) is 9.18. The molecule has 0 aromatic heterocycles. The molecule has 260 valence electrons. The number of urea groups is 2. The van der Waals surface area contributed by atoms with Gasteiger partial charge in [-0.1, -0.05) is 52.2 Å². The van der Waals surface area contributed by atoms with Gasteiger partial charge in [0.05, 0.1) is 24.5 Å². The number of nitrogens with two attached hydrogens (primary N) is 1. The lowest BCUT2D eigenvalue weighted by Gasteiger charge is -2.34. The molecule has 0 radical (unpaired) electrons. The van der Waals surface area contributed by atoms with Gasteiger partial charge in [0.1, 0.15) is 11.9 Å². The Hall–Kier alpha value is -3.94. The zero-order valence-electron chi connectivity index (χ0n) is 28.2. The summed E-state index contributed by atoms with van der Waals surface area (Å²) in [5.41, 5.74) is 5.25. The Balaban J connectivity index is 1.56. The second-order valence-electron chi connectivity index (χ2n) is 15.3. The van der Waals surface area contributed by atoms with E-state index in [4.69, 9.17) is 5.73 Å². The van der Waals surface area contributed by atoms with Crippen molar-refractivity contribution in [2.45, 2.75) is 110 Å². The molecule has 1 saturated carbocycles. The summed E-state index contributed by atoms with van der Waals surface area (Å²) in [6, 6.07) is 0.843. The van der Waals surface area contributed by atoms with E-state index in [1.54, 1.807) is 12.1 Å². The van der Waals surface area contributed by atoms with E-state index >= 15 is 0 Å². The maximum Gasteiger partial charge on any atom is 0.318 e. The molecule has 13 nitrogen and oxygen atoms in total. The summed E-state index contributed by atoms with van der Waals surface area (Å²) in [5.74, 6) is -3.10. The number of nitrogens with zero attached hydrogens (tertiary/aromatic N) is 2. The first-order chi connectivity index (χ1) is 21.8. The predicted molar refractivity (Wildman–Crippen MR) is 172 cm³/mol. The van der Waals surface area contributed by atoms with Crippen LogP contribution in [-0.4, -0.2) is 87.5 Å². The number of likely N-dealkylation sites (tertiary alicyclic amines) is 1.